The average Bonchev–Trinajstić information content (AvgIpc) is 3.40. The minimum Gasteiger partial charge on any atom is -0.494 e. The Hall–Kier alpha value is -3.21. The third kappa shape index (κ3) is 4.01. The number of hydrogen-bond donors (Lipinski definition) is 3. The highest BCUT2D eigenvalue weighted by Gasteiger charge is 2.26. The number of halogens is 1. The van der Waals surface area contributed by atoms with Crippen molar-refractivity contribution in [3.05, 3.63) is 70.7 Å². The number of fused-ring (bicyclic) bond motifs is 1. The molecule has 4 aromatic rings. The molecule has 0 saturated heterocycles. The Bertz CT molecular complexity index is 1420. The highest BCUT2D eigenvalue weighted by Crippen LogP contribution is 2.44. The summed E-state index contributed by atoms with van der Waals surface area (Å²) in [5.74, 6) is -0.313. The average molecular weight is 503 g/mol. The Morgan fingerprint density at radius 2 is 1.85 bits per heavy atom. The van der Waals surface area contributed by atoms with Gasteiger partial charge in [0.15, 0.2) is 5.13 Å². The molecular formula is C22H19ClN4O4S2. The normalized spacial score (nSPS) is 13.7. The van der Waals surface area contributed by atoms with Crippen LogP contribution in [0.25, 0.3) is 5.69 Å². The lowest BCUT2D eigenvalue weighted by atomic mass is 10.0. The number of aromatic nitrogens is 2. The molecule has 0 bridgehead atoms. The number of sulfonamides is 1. The van der Waals surface area contributed by atoms with E-state index in [0.717, 1.165) is 24.1 Å². The van der Waals surface area contributed by atoms with E-state index in [-0.39, 0.29) is 21.8 Å². The van der Waals surface area contributed by atoms with Gasteiger partial charge in [0.2, 0.25) is 11.8 Å². The van der Waals surface area contributed by atoms with Gasteiger partial charge in [-0.1, -0.05) is 11.6 Å². The smallest absolute Gasteiger partial charge is 0.263 e. The van der Waals surface area contributed by atoms with Crippen molar-refractivity contribution in [1.82, 2.24) is 9.55 Å². The lowest BCUT2D eigenvalue weighted by Crippen LogP contribution is -2.24. The first-order valence-corrected chi connectivity index (χ1v) is 12.8. The summed E-state index contributed by atoms with van der Waals surface area (Å²) in [5, 5.41) is 24.2. The Labute approximate surface area is 199 Å². The molecule has 0 atom stereocenters. The van der Waals surface area contributed by atoms with Gasteiger partial charge in [-0.15, -0.1) is 11.3 Å². The van der Waals surface area contributed by atoms with E-state index in [1.165, 1.54) is 52.4 Å². The fourth-order valence-electron chi connectivity index (χ4n) is 3.97. The maximum atomic E-state index is 12.6. The first-order valence-electron chi connectivity index (χ1n) is 10.1. The van der Waals surface area contributed by atoms with E-state index in [9.17, 15) is 18.6 Å². The highest BCUT2D eigenvalue weighted by atomic mass is 35.5. The molecule has 0 unspecified atom stereocenters. The largest absolute Gasteiger partial charge is 0.494 e. The zero-order valence-electron chi connectivity index (χ0n) is 17.1. The van der Waals surface area contributed by atoms with Crippen LogP contribution in [0.2, 0.25) is 5.02 Å². The van der Waals surface area contributed by atoms with Crippen LogP contribution in [0.1, 0.15) is 12.0 Å². The molecule has 0 aliphatic carbocycles. The SMILES string of the molecule is O=S(=O)(Nc1nccs1)c1ccc(-n2c(O)cc(N3CCCc4cc(Cl)ccc43)c2O)cc1. The summed E-state index contributed by atoms with van der Waals surface area (Å²) in [6.07, 6.45) is 3.26. The van der Waals surface area contributed by atoms with E-state index >= 15 is 0 Å². The quantitative estimate of drug-likeness (QED) is 0.359. The van der Waals surface area contributed by atoms with Crippen LogP contribution in [0.4, 0.5) is 16.5 Å². The number of thiazole rings is 1. The molecule has 0 amide bonds. The molecular weight excluding hydrogens is 484 g/mol. The highest BCUT2D eigenvalue weighted by molar-refractivity contribution is 7.93. The van der Waals surface area contributed by atoms with Crippen LogP contribution in [0.5, 0.6) is 11.8 Å². The minimum atomic E-state index is -3.81. The van der Waals surface area contributed by atoms with Crippen LogP contribution in [-0.4, -0.2) is 34.7 Å². The van der Waals surface area contributed by atoms with Crippen molar-refractivity contribution < 1.29 is 18.6 Å². The van der Waals surface area contributed by atoms with Crippen LogP contribution in [-0.2, 0) is 16.4 Å². The van der Waals surface area contributed by atoms with E-state index in [1.54, 1.807) is 11.4 Å². The Morgan fingerprint density at radius 1 is 1.06 bits per heavy atom. The van der Waals surface area contributed by atoms with Crippen LogP contribution in [0.3, 0.4) is 0 Å². The minimum absolute atomic E-state index is 0.0367. The van der Waals surface area contributed by atoms with Crippen LogP contribution >= 0.6 is 22.9 Å². The third-order valence-corrected chi connectivity index (χ3v) is 7.85. The van der Waals surface area contributed by atoms with Crippen molar-refractivity contribution in [3.8, 4) is 17.4 Å². The van der Waals surface area contributed by atoms with Crippen molar-refractivity contribution in [2.24, 2.45) is 0 Å². The zero-order valence-corrected chi connectivity index (χ0v) is 19.5. The molecule has 1 aliphatic rings. The number of anilines is 3. The molecule has 0 fully saturated rings. The molecule has 1 aliphatic heterocycles. The van der Waals surface area contributed by atoms with Gasteiger partial charge in [0.25, 0.3) is 10.0 Å². The van der Waals surface area contributed by atoms with Gasteiger partial charge in [0.05, 0.1) is 10.6 Å². The molecule has 3 N–H and O–H groups in total. The lowest BCUT2D eigenvalue weighted by Gasteiger charge is -2.30. The van der Waals surface area contributed by atoms with Crippen LogP contribution < -0.4 is 9.62 Å². The maximum Gasteiger partial charge on any atom is 0.263 e. The second-order valence-corrected chi connectivity index (χ2v) is 10.5. The molecule has 2 aromatic heterocycles. The van der Waals surface area contributed by atoms with Gasteiger partial charge >= 0.3 is 0 Å². The summed E-state index contributed by atoms with van der Waals surface area (Å²) in [5.41, 5.74) is 2.87. The monoisotopic (exact) mass is 502 g/mol. The van der Waals surface area contributed by atoms with Crippen molar-refractivity contribution in [1.29, 1.82) is 0 Å². The van der Waals surface area contributed by atoms with Gasteiger partial charge in [-0.2, -0.15) is 0 Å². The van der Waals surface area contributed by atoms with Gasteiger partial charge in [0, 0.05) is 34.9 Å². The Kier molecular flexibility index (Phi) is 5.43. The topological polar surface area (TPSA) is 108 Å². The van der Waals surface area contributed by atoms with Crippen molar-refractivity contribution in [3.63, 3.8) is 0 Å². The summed E-state index contributed by atoms with van der Waals surface area (Å²) in [7, 11) is -3.81. The van der Waals surface area contributed by atoms with Gasteiger partial charge in [-0.25, -0.2) is 18.0 Å². The van der Waals surface area contributed by atoms with Crippen LogP contribution in [0, 0.1) is 0 Å². The summed E-state index contributed by atoms with van der Waals surface area (Å²) in [6, 6.07) is 13.0. The van der Waals surface area contributed by atoms with Crippen molar-refractivity contribution >= 4 is 49.5 Å². The summed E-state index contributed by atoms with van der Waals surface area (Å²) < 4.78 is 28.8. The van der Waals surface area contributed by atoms with Gasteiger partial charge in [-0.3, -0.25) is 4.72 Å². The van der Waals surface area contributed by atoms with Gasteiger partial charge in [0.1, 0.15) is 5.69 Å². The zero-order chi connectivity index (χ0) is 23.2. The van der Waals surface area contributed by atoms with E-state index < -0.39 is 10.0 Å². The van der Waals surface area contributed by atoms with Gasteiger partial charge < -0.3 is 15.1 Å². The van der Waals surface area contributed by atoms with Crippen LogP contribution in [0.15, 0.2) is 65.0 Å². The number of rotatable bonds is 5. The number of nitrogens with zero attached hydrogens (tertiary/aromatic N) is 3. The van der Waals surface area contributed by atoms with Crippen molar-refractivity contribution in [2.45, 2.75) is 17.7 Å². The molecule has 2 aromatic carbocycles. The second kappa shape index (κ2) is 8.29. The Morgan fingerprint density at radius 3 is 2.58 bits per heavy atom. The fourth-order valence-corrected chi connectivity index (χ4v) is 5.95. The summed E-state index contributed by atoms with van der Waals surface area (Å²) in [6.45, 7) is 0.672. The second-order valence-electron chi connectivity index (χ2n) is 7.51. The molecule has 170 valence electrons. The molecule has 3 heterocycles. The van der Waals surface area contributed by atoms with E-state index in [0.29, 0.717) is 22.9 Å². The molecule has 11 heteroatoms. The lowest BCUT2D eigenvalue weighted by molar-refractivity contribution is 0.402. The van der Waals surface area contributed by atoms with Crippen molar-refractivity contribution in [2.75, 3.05) is 16.2 Å². The number of nitrogens with one attached hydrogen (secondary N) is 1. The predicted octanol–water partition coefficient (Wildman–Crippen LogP) is 4.88. The fraction of sp³-hybridized carbons (Fsp3) is 0.136. The first kappa shape index (κ1) is 21.6. The maximum absolute atomic E-state index is 12.6. The third-order valence-electron chi connectivity index (χ3n) is 5.45. The summed E-state index contributed by atoms with van der Waals surface area (Å²) >= 11 is 7.31. The molecule has 0 radical (unpaired) electrons. The number of hydrogen-bond acceptors (Lipinski definition) is 7. The number of aromatic hydroxyl groups is 2. The molecule has 0 spiro atoms. The molecule has 8 nitrogen and oxygen atoms in total. The van der Waals surface area contributed by atoms with E-state index in [2.05, 4.69) is 9.71 Å². The standard InChI is InChI=1S/C22H19ClN4O4S2/c23-15-3-8-18-14(12-15)2-1-10-26(18)19-13-20(28)27(21(19)29)16-4-6-17(7-5-16)33(30,31)25-22-24-9-11-32-22/h3-9,11-13,28-29H,1-2,10H2,(H,24,25). The molecule has 5 rings (SSSR count). The predicted molar refractivity (Wildman–Crippen MR) is 129 cm³/mol. The van der Waals surface area contributed by atoms with E-state index in [1.807, 2.05) is 17.0 Å². The molecule has 0 saturated carbocycles. The Balaban J connectivity index is 1.47. The summed E-state index contributed by atoms with van der Waals surface area (Å²) in [4.78, 5) is 5.91. The first-order chi connectivity index (χ1) is 15.8. The van der Waals surface area contributed by atoms with E-state index in [4.69, 9.17) is 11.6 Å². The number of benzene rings is 2. The number of aryl methyl sites for hydroxylation is 1. The van der Waals surface area contributed by atoms with Gasteiger partial charge in [-0.05, 0) is 60.9 Å². The molecule has 33 heavy (non-hydrogen) atoms.